The van der Waals surface area contributed by atoms with E-state index in [0.29, 0.717) is 12.2 Å². The Kier molecular flexibility index (Phi) is 3.05. The fourth-order valence-electron chi connectivity index (χ4n) is 3.24. The fraction of sp³-hybridized carbons (Fsp3) is 0.176. The summed E-state index contributed by atoms with van der Waals surface area (Å²) in [7, 11) is -3.81. The van der Waals surface area contributed by atoms with E-state index >= 15 is 0 Å². The van der Waals surface area contributed by atoms with Crippen LogP contribution in [0.15, 0.2) is 47.4 Å². The van der Waals surface area contributed by atoms with E-state index in [4.69, 9.17) is 0 Å². The van der Waals surface area contributed by atoms with Gasteiger partial charge in [-0.3, -0.25) is 19.2 Å². The standard InChI is InChI=1S/C17H14N2O4S/c1-10-9-19(15-5-3-2-4-12(10)15)24(22,23)11-6-7-13-14(8-11)17(21)18-16(13)20/h2-8,10H,9H2,1H3,(H,18,20,21). The van der Waals surface area contributed by atoms with Gasteiger partial charge in [-0.05, 0) is 29.8 Å². The Morgan fingerprint density at radius 3 is 2.54 bits per heavy atom. The highest BCUT2D eigenvalue weighted by atomic mass is 32.2. The predicted octanol–water partition coefficient (Wildman–Crippen LogP) is 1.88. The molecule has 2 heterocycles. The Morgan fingerprint density at radius 2 is 1.75 bits per heavy atom. The molecule has 0 aromatic heterocycles. The maximum absolute atomic E-state index is 13.0. The lowest BCUT2D eigenvalue weighted by molar-refractivity contribution is 0.0879. The van der Waals surface area contributed by atoms with Crippen LogP contribution < -0.4 is 9.62 Å². The third-order valence-corrected chi connectivity index (χ3v) is 6.25. The molecule has 1 N–H and O–H groups in total. The first-order valence-corrected chi connectivity index (χ1v) is 8.95. The number of nitrogens with zero attached hydrogens (tertiary/aromatic N) is 1. The quantitative estimate of drug-likeness (QED) is 0.845. The second kappa shape index (κ2) is 4.91. The van der Waals surface area contributed by atoms with Gasteiger partial charge in [0.25, 0.3) is 21.8 Å². The van der Waals surface area contributed by atoms with Crippen LogP contribution in [0.4, 0.5) is 5.69 Å². The van der Waals surface area contributed by atoms with Crippen molar-refractivity contribution in [2.24, 2.45) is 0 Å². The molecule has 7 heteroatoms. The zero-order chi connectivity index (χ0) is 17.1. The minimum Gasteiger partial charge on any atom is -0.288 e. The summed E-state index contributed by atoms with van der Waals surface area (Å²) in [5.74, 6) is -0.975. The summed E-state index contributed by atoms with van der Waals surface area (Å²) in [5.41, 5.74) is 1.94. The Labute approximate surface area is 139 Å². The first kappa shape index (κ1) is 14.9. The van der Waals surface area contributed by atoms with Crippen molar-refractivity contribution in [3.8, 4) is 0 Å². The number of benzene rings is 2. The Hall–Kier alpha value is -2.67. The molecule has 0 spiro atoms. The van der Waals surface area contributed by atoms with E-state index in [1.54, 1.807) is 12.1 Å². The van der Waals surface area contributed by atoms with E-state index in [1.165, 1.54) is 22.5 Å². The molecule has 2 aliphatic rings. The predicted molar refractivity (Wildman–Crippen MR) is 87.6 cm³/mol. The third-order valence-electron chi connectivity index (χ3n) is 4.47. The van der Waals surface area contributed by atoms with Crippen molar-refractivity contribution in [2.45, 2.75) is 17.7 Å². The van der Waals surface area contributed by atoms with Crippen molar-refractivity contribution in [1.29, 1.82) is 0 Å². The van der Waals surface area contributed by atoms with E-state index < -0.39 is 21.8 Å². The normalized spacial score (nSPS) is 19.2. The first-order valence-electron chi connectivity index (χ1n) is 7.51. The summed E-state index contributed by atoms with van der Waals surface area (Å²) in [4.78, 5) is 23.4. The van der Waals surface area contributed by atoms with Gasteiger partial charge in [0.2, 0.25) is 0 Å². The zero-order valence-corrected chi connectivity index (χ0v) is 13.6. The molecule has 0 fully saturated rings. The second-order valence-corrected chi connectivity index (χ2v) is 7.85. The molecule has 0 saturated heterocycles. The average molecular weight is 342 g/mol. The van der Waals surface area contributed by atoms with Gasteiger partial charge in [0.15, 0.2) is 0 Å². The van der Waals surface area contributed by atoms with Gasteiger partial charge in [0.1, 0.15) is 0 Å². The molecule has 122 valence electrons. The lowest BCUT2D eigenvalue weighted by Gasteiger charge is -2.20. The number of rotatable bonds is 2. The van der Waals surface area contributed by atoms with E-state index in [1.807, 2.05) is 19.1 Å². The Bertz CT molecular complexity index is 997. The van der Waals surface area contributed by atoms with E-state index in [-0.39, 0.29) is 21.9 Å². The van der Waals surface area contributed by atoms with Gasteiger partial charge in [-0.25, -0.2) is 8.42 Å². The first-order chi connectivity index (χ1) is 11.4. The summed E-state index contributed by atoms with van der Waals surface area (Å²) in [6, 6.07) is 11.4. The maximum atomic E-state index is 13.0. The molecule has 24 heavy (non-hydrogen) atoms. The number of imide groups is 1. The van der Waals surface area contributed by atoms with Crippen LogP contribution in [0, 0.1) is 0 Å². The maximum Gasteiger partial charge on any atom is 0.264 e. The van der Waals surface area contributed by atoms with Gasteiger partial charge in [0, 0.05) is 12.5 Å². The highest BCUT2D eigenvalue weighted by Gasteiger charge is 2.36. The fourth-order valence-corrected chi connectivity index (χ4v) is 4.85. The molecular weight excluding hydrogens is 328 g/mol. The van der Waals surface area contributed by atoms with Crippen LogP contribution in [-0.2, 0) is 10.0 Å². The third kappa shape index (κ3) is 1.98. The minimum atomic E-state index is -3.81. The largest absolute Gasteiger partial charge is 0.288 e. The molecule has 0 aliphatic carbocycles. The van der Waals surface area contributed by atoms with E-state index in [2.05, 4.69) is 5.32 Å². The number of hydrogen-bond donors (Lipinski definition) is 1. The SMILES string of the molecule is CC1CN(S(=O)(=O)c2ccc3c(c2)C(=O)NC3=O)c2ccccc21. The lowest BCUT2D eigenvalue weighted by atomic mass is 10.0. The monoisotopic (exact) mass is 342 g/mol. The number of carbonyl (C=O) groups excluding carboxylic acids is 2. The number of para-hydroxylation sites is 1. The molecule has 2 aromatic carbocycles. The molecule has 4 rings (SSSR count). The molecule has 2 amide bonds. The van der Waals surface area contributed by atoms with Crippen molar-refractivity contribution < 1.29 is 18.0 Å². The van der Waals surface area contributed by atoms with Crippen molar-refractivity contribution in [2.75, 3.05) is 10.8 Å². The number of nitrogens with one attached hydrogen (secondary N) is 1. The van der Waals surface area contributed by atoms with Crippen LogP contribution in [0.2, 0.25) is 0 Å². The Balaban J connectivity index is 1.82. The van der Waals surface area contributed by atoms with Crippen molar-refractivity contribution in [3.05, 3.63) is 59.2 Å². The van der Waals surface area contributed by atoms with Gasteiger partial charge in [-0.2, -0.15) is 0 Å². The number of hydrogen-bond acceptors (Lipinski definition) is 4. The highest BCUT2D eigenvalue weighted by Crippen LogP contribution is 2.39. The van der Waals surface area contributed by atoms with Crippen LogP contribution in [0.3, 0.4) is 0 Å². The summed E-state index contributed by atoms with van der Waals surface area (Å²) in [5, 5.41) is 2.17. The highest BCUT2D eigenvalue weighted by molar-refractivity contribution is 7.92. The lowest BCUT2D eigenvalue weighted by Crippen LogP contribution is -2.29. The van der Waals surface area contributed by atoms with Crippen LogP contribution in [-0.4, -0.2) is 26.8 Å². The summed E-state index contributed by atoms with van der Waals surface area (Å²) < 4.78 is 27.4. The van der Waals surface area contributed by atoms with Crippen LogP contribution in [0.1, 0.15) is 39.1 Å². The number of carbonyl (C=O) groups is 2. The van der Waals surface area contributed by atoms with Gasteiger partial charge in [-0.15, -0.1) is 0 Å². The number of anilines is 1. The van der Waals surface area contributed by atoms with Gasteiger partial charge in [0.05, 0.1) is 21.7 Å². The molecule has 0 saturated carbocycles. The molecular formula is C17H14N2O4S. The minimum absolute atomic E-state index is 0.00926. The average Bonchev–Trinajstić information content (AvgIpc) is 3.06. The molecule has 2 aromatic rings. The molecule has 0 radical (unpaired) electrons. The van der Waals surface area contributed by atoms with Gasteiger partial charge >= 0.3 is 0 Å². The molecule has 1 unspecified atom stereocenters. The van der Waals surface area contributed by atoms with Crippen LogP contribution in [0.5, 0.6) is 0 Å². The number of amides is 2. The van der Waals surface area contributed by atoms with Crippen molar-refractivity contribution in [1.82, 2.24) is 5.32 Å². The second-order valence-electron chi connectivity index (χ2n) is 5.99. The smallest absolute Gasteiger partial charge is 0.264 e. The molecule has 2 aliphatic heterocycles. The molecule has 0 bridgehead atoms. The van der Waals surface area contributed by atoms with Crippen molar-refractivity contribution >= 4 is 27.5 Å². The summed E-state index contributed by atoms with van der Waals surface area (Å²) in [6.07, 6.45) is 0. The Morgan fingerprint density at radius 1 is 1.04 bits per heavy atom. The van der Waals surface area contributed by atoms with Crippen LogP contribution in [0.25, 0.3) is 0 Å². The zero-order valence-electron chi connectivity index (χ0n) is 12.8. The number of fused-ring (bicyclic) bond motifs is 2. The topological polar surface area (TPSA) is 83.6 Å². The summed E-state index contributed by atoms with van der Waals surface area (Å²) >= 11 is 0. The van der Waals surface area contributed by atoms with E-state index in [9.17, 15) is 18.0 Å². The van der Waals surface area contributed by atoms with Crippen molar-refractivity contribution in [3.63, 3.8) is 0 Å². The summed E-state index contributed by atoms with van der Waals surface area (Å²) in [6.45, 7) is 2.33. The van der Waals surface area contributed by atoms with Gasteiger partial charge in [-0.1, -0.05) is 25.1 Å². The molecule has 6 nitrogen and oxygen atoms in total. The molecule has 1 atom stereocenters. The number of sulfonamides is 1. The van der Waals surface area contributed by atoms with E-state index in [0.717, 1.165) is 5.56 Å². The van der Waals surface area contributed by atoms with Gasteiger partial charge < -0.3 is 0 Å². The van der Waals surface area contributed by atoms with Crippen LogP contribution >= 0.6 is 0 Å².